The molecule has 3 rings (SSSR count). The van der Waals surface area contributed by atoms with E-state index in [-0.39, 0.29) is 5.91 Å². The minimum absolute atomic E-state index is 0.0249. The monoisotopic (exact) mass is 446 g/mol. The summed E-state index contributed by atoms with van der Waals surface area (Å²) in [5, 5.41) is 3.05. The van der Waals surface area contributed by atoms with Gasteiger partial charge in [0.05, 0.1) is 12.2 Å². The summed E-state index contributed by atoms with van der Waals surface area (Å²) in [5.74, 6) is 1.83. The van der Waals surface area contributed by atoms with Crippen molar-refractivity contribution in [3.8, 4) is 0 Å². The topological polar surface area (TPSA) is 48.5 Å². The number of benzene rings is 1. The van der Waals surface area contributed by atoms with Crippen LogP contribution >= 0.6 is 27.7 Å². The highest BCUT2D eigenvalue weighted by Gasteiger charge is 2.20. The van der Waals surface area contributed by atoms with E-state index >= 15 is 0 Å². The Morgan fingerprint density at radius 3 is 2.70 bits per heavy atom. The molecule has 0 spiro atoms. The van der Waals surface area contributed by atoms with Crippen LogP contribution in [0.5, 0.6) is 0 Å². The van der Waals surface area contributed by atoms with E-state index in [4.69, 9.17) is 0 Å². The molecule has 0 saturated carbocycles. The summed E-state index contributed by atoms with van der Waals surface area (Å²) in [6, 6.07) is 11.9. The number of carbonyl (C=O) groups is 1. The van der Waals surface area contributed by atoms with Gasteiger partial charge in [-0.1, -0.05) is 18.2 Å². The minimum Gasteiger partial charge on any atom is -0.354 e. The Morgan fingerprint density at radius 2 is 2.00 bits per heavy atom. The third-order valence-electron chi connectivity index (χ3n) is 4.29. The van der Waals surface area contributed by atoms with Crippen molar-refractivity contribution < 1.29 is 4.79 Å². The van der Waals surface area contributed by atoms with Crippen molar-refractivity contribution in [2.24, 2.45) is 0 Å². The molecule has 0 atom stereocenters. The Hall–Kier alpha value is -1.83. The Labute approximate surface area is 173 Å². The van der Waals surface area contributed by atoms with Gasteiger partial charge in [-0.15, -0.1) is 18.3 Å². The Balaban J connectivity index is 1.50. The van der Waals surface area contributed by atoms with Crippen LogP contribution in [0.25, 0.3) is 0 Å². The number of hydrogen-bond acceptors (Lipinski definition) is 5. The maximum Gasteiger partial charge on any atom is 0.238 e. The van der Waals surface area contributed by atoms with E-state index in [1.54, 1.807) is 11.8 Å². The molecule has 0 unspecified atom stereocenters. The highest BCUT2D eigenvalue weighted by atomic mass is 79.9. The number of thioether (sulfide) groups is 1. The first-order chi connectivity index (χ1) is 13.2. The lowest BCUT2D eigenvalue weighted by atomic mass is 10.3. The van der Waals surface area contributed by atoms with Crippen LogP contribution in [0.3, 0.4) is 0 Å². The van der Waals surface area contributed by atoms with E-state index in [1.807, 2.05) is 48.7 Å². The third-order valence-corrected chi connectivity index (χ3v) is 5.83. The van der Waals surface area contributed by atoms with Crippen LogP contribution in [0, 0.1) is 0 Å². The van der Waals surface area contributed by atoms with E-state index in [1.165, 1.54) is 0 Å². The average molecular weight is 447 g/mol. The lowest BCUT2D eigenvalue weighted by Gasteiger charge is -2.35. The molecule has 1 N–H and O–H groups in total. The molecule has 0 bridgehead atoms. The van der Waals surface area contributed by atoms with Crippen molar-refractivity contribution in [2.45, 2.75) is 4.90 Å². The van der Waals surface area contributed by atoms with Crippen LogP contribution < -0.4 is 10.2 Å². The summed E-state index contributed by atoms with van der Waals surface area (Å²) < 4.78 is 0.980. The number of amides is 1. The van der Waals surface area contributed by atoms with Crippen LogP contribution in [0.4, 0.5) is 11.5 Å². The standard InChI is InChI=1S/C20H23BrN4OS/c1-2-13-27-18-6-4-3-5-17(18)23-20(26)15-24-9-11-25(12-10-24)19-8-7-16(21)14-22-19/h2-8,14H,1,9-13,15H2,(H,23,26). The maximum absolute atomic E-state index is 12.5. The fourth-order valence-corrected chi connectivity index (χ4v) is 3.91. The lowest BCUT2D eigenvalue weighted by molar-refractivity contribution is -0.117. The molecule has 1 aromatic heterocycles. The number of nitrogens with one attached hydrogen (secondary N) is 1. The van der Waals surface area contributed by atoms with Crippen LogP contribution in [0.2, 0.25) is 0 Å². The van der Waals surface area contributed by atoms with Gasteiger partial charge in [0.2, 0.25) is 5.91 Å². The molecule has 142 valence electrons. The molecule has 27 heavy (non-hydrogen) atoms. The SMILES string of the molecule is C=CCSc1ccccc1NC(=O)CN1CCN(c2ccc(Br)cn2)CC1. The van der Waals surface area contributed by atoms with Crippen LogP contribution in [0.1, 0.15) is 0 Å². The molecule has 2 heterocycles. The fraction of sp³-hybridized carbons (Fsp3) is 0.300. The van der Waals surface area contributed by atoms with Gasteiger partial charge in [-0.05, 0) is 40.2 Å². The zero-order chi connectivity index (χ0) is 19.1. The van der Waals surface area contributed by atoms with E-state index in [2.05, 4.69) is 42.6 Å². The molecule has 7 heteroatoms. The van der Waals surface area contributed by atoms with Gasteiger partial charge in [-0.3, -0.25) is 9.69 Å². The van der Waals surface area contributed by atoms with Crippen LogP contribution in [-0.2, 0) is 4.79 Å². The van der Waals surface area contributed by atoms with Crippen molar-refractivity contribution in [1.82, 2.24) is 9.88 Å². The summed E-state index contributed by atoms with van der Waals surface area (Å²) in [6.07, 6.45) is 3.68. The Kier molecular flexibility index (Phi) is 7.32. The highest BCUT2D eigenvalue weighted by molar-refractivity contribution is 9.10. The second-order valence-electron chi connectivity index (χ2n) is 6.24. The molecule has 5 nitrogen and oxygen atoms in total. The number of pyridine rings is 1. The van der Waals surface area contributed by atoms with Crippen LogP contribution in [-0.4, -0.2) is 54.3 Å². The molecule has 1 aromatic carbocycles. The summed E-state index contributed by atoms with van der Waals surface area (Å²) in [4.78, 5) is 22.4. The quantitative estimate of drug-likeness (QED) is 0.516. The number of halogens is 1. The fourth-order valence-electron chi connectivity index (χ4n) is 2.93. The van der Waals surface area contributed by atoms with E-state index in [0.717, 1.165) is 52.8 Å². The second-order valence-corrected chi connectivity index (χ2v) is 8.22. The third kappa shape index (κ3) is 5.82. The number of anilines is 2. The van der Waals surface area contributed by atoms with Crippen molar-refractivity contribution in [3.05, 3.63) is 59.7 Å². The van der Waals surface area contributed by atoms with Gasteiger partial charge in [0.25, 0.3) is 0 Å². The zero-order valence-corrected chi connectivity index (χ0v) is 17.5. The van der Waals surface area contributed by atoms with Gasteiger partial charge >= 0.3 is 0 Å². The van der Waals surface area contributed by atoms with Gasteiger partial charge < -0.3 is 10.2 Å². The molecular formula is C20H23BrN4OS. The molecule has 1 fully saturated rings. The highest BCUT2D eigenvalue weighted by Crippen LogP contribution is 2.27. The van der Waals surface area contributed by atoms with E-state index in [0.29, 0.717) is 6.54 Å². The average Bonchev–Trinajstić information content (AvgIpc) is 2.68. The number of piperazine rings is 1. The number of nitrogens with zero attached hydrogens (tertiary/aromatic N) is 3. The van der Waals surface area contributed by atoms with Crippen molar-refractivity contribution in [1.29, 1.82) is 0 Å². The van der Waals surface area contributed by atoms with E-state index in [9.17, 15) is 4.79 Å². The van der Waals surface area contributed by atoms with Gasteiger partial charge in [-0.25, -0.2) is 4.98 Å². The summed E-state index contributed by atoms with van der Waals surface area (Å²) in [5.41, 5.74) is 0.868. The summed E-state index contributed by atoms with van der Waals surface area (Å²) in [7, 11) is 0. The first kappa shape index (κ1) is 19.9. The molecule has 0 aliphatic carbocycles. The Morgan fingerprint density at radius 1 is 1.22 bits per heavy atom. The first-order valence-corrected chi connectivity index (χ1v) is 10.6. The smallest absolute Gasteiger partial charge is 0.238 e. The molecule has 1 saturated heterocycles. The second kappa shape index (κ2) is 9.92. The number of carbonyl (C=O) groups excluding carboxylic acids is 1. The minimum atomic E-state index is 0.0249. The predicted octanol–water partition coefficient (Wildman–Crippen LogP) is 3.88. The van der Waals surface area contributed by atoms with Gasteiger partial charge in [0, 0.05) is 47.5 Å². The molecule has 1 aliphatic heterocycles. The van der Waals surface area contributed by atoms with Crippen molar-refractivity contribution in [2.75, 3.05) is 48.7 Å². The van der Waals surface area contributed by atoms with Gasteiger partial charge in [0.1, 0.15) is 5.82 Å². The molecule has 1 amide bonds. The molecule has 1 aliphatic rings. The van der Waals surface area contributed by atoms with Crippen molar-refractivity contribution >= 4 is 45.1 Å². The van der Waals surface area contributed by atoms with Gasteiger partial charge in [-0.2, -0.15) is 0 Å². The van der Waals surface area contributed by atoms with Gasteiger partial charge in [0.15, 0.2) is 0 Å². The molecule has 0 radical (unpaired) electrons. The molecular weight excluding hydrogens is 424 g/mol. The maximum atomic E-state index is 12.5. The summed E-state index contributed by atoms with van der Waals surface area (Å²) >= 11 is 5.08. The van der Waals surface area contributed by atoms with E-state index < -0.39 is 0 Å². The largest absolute Gasteiger partial charge is 0.354 e. The first-order valence-electron chi connectivity index (χ1n) is 8.87. The number of aromatic nitrogens is 1. The Bertz CT molecular complexity index is 776. The summed E-state index contributed by atoms with van der Waals surface area (Å²) in [6.45, 7) is 7.58. The van der Waals surface area contributed by atoms with Crippen LogP contribution in [0.15, 0.2) is 64.6 Å². The normalized spacial score (nSPS) is 14.8. The zero-order valence-electron chi connectivity index (χ0n) is 15.1. The predicted molar refractivity (Wildman–Crippen MR) is 117 cm³/mol. The number of hydrogen-bond donors (Lipinski definition) is 1. The number of rotatable bonds is 7. The lowest BCUT2D eigenvalue weighted by Crippen LogP contribution is -2.48. The number of para-hydroxylation sites is 1. The molecule has 2 aromatic rings. The van der Waals surface area contributed by atoms with Crippen molar-refractivity contribution in [3.63, 3.8) is 0 Å².